The van der Waals surface area contributed by atoms with Crippen LogP contribution in [-0.2, 0) is 0 Å². The fourth-order valence-corrected chi connectivity index (χ4v) is 1.60. The van der Waals surface area contributed by atoms with E-state index in [4.69, 9.17) is 5.26 Å². The molecule has 2 aromatic rings. The predicted octanol–water partition coefficient (Wildman–Crippen LogP) is 3.90. The first-order valence-corrected chi connectivity index (χ1v) is 5.50. The van der Waals surface area contributed by atoms with Gasteiger partial charge in [0.2, 0.25) is 0 Å². The lowest BCUT2D eigenvalue weighted by molar-refractivity contribution is -0.0493. The lowest BCUT2D eigenvalue weighted by Gasteiger charge is -2.13. The van der Waals surface area contributed by atoms with Crippen LogP contribution >= 0.6 is 0 Å². The molecule has 0 unspecified atom stereocenters. The second-order valence-electron chi connectivity index (χ2n) is 3.66. The third-order valence-electron chi connectivity index (χ3n) is 2.42. The van der Waals surface area contributed by atoms with Crippen molar-refractivity contribution in [2.24, 2.45) is 0 Å². The summed E-state index contributed by atoms with van der Waals surface area (Å²) in [5, 5.41) is 11.9. The SMILES string of the molecule is N#Cc1ccccc1Nc1ccccc1OC(F)F. The molecule has 1 N–H and O–H groups in total. The molecule has 0 saturated carbocycles. The van der Waals surface area contributed by atoms with Crippen molar-refractivity contribution in [3.8, 4) is 11.8 Å². The van der Waals surface area contributed by atoms with Gasteiger partial charge in [-0.25, -0.2) is 0 Å². The van der Waals surface area contributed by atoms with Crippen LogP contribution in [0.25, 0.3) is 0 Å². The minimum Gasteiger partial charge on any atom is -0.433 e. The first kappa shape index (κ1) is 12.8. The van der Waals surface area contributed by atoms with Crippen LogP contribution in [0, 0.1) is 11.3 Å². The molecular weight excluding hydrogens is 250 g/mol. The number of alkyl halides is 2. The summed E-state index contributed by atoms with van der Waals surface area (Å²) in [4.78, 5) is 0. The first-order valence-electron chi connectivity index (χ1n) is 5.50. The quantitative estimate of drug-likeness (QED) is 0.906. The molecule has 0 aliphatic carbocycles. The standard InChI is InChI=1S/C14H10F2N2O/c15-14(16)19-13-8-4-3-7-12(13)18-11-6-2-1-5-10(11)9-17/h1-8,14,18H. The second-order valence-corrected chi connectivity index (χ2v) is 3.66. The maximum Gasteiger partial charge on any atom is 0.387 e. The van der Waals surface area contributed by atoms with E-state index in [0.29, 0.717) is 16.9 Å². The number of nitrogens with one attached hydrogen (secondary N) is 1. The van der Waals surface area contributed by atoms with Crippen LogP contribution in [0.2, 0.25) is 0 Å². The Hall–Kier alpha value is -2.61. The molecule has 3 nitrogen and oxygen atoms in total. The van der Waals surface area contributed by atoms with Crippen molar-refractivity contribution >= 4 is 11.4 Å². The van der Waals surface area contributed by atoms with Crippen molar-refractivity contribution in [2.75, 3.05) is 5.32 Å². The van der Waals surface area contributed by atoms with Gasteiger partial charge in [-0.2, -0.15) is 14.0 Å². The molecular formula is C14H10F2N2O. The number of benzene rings is 2. The maximum atomic E-state index is 12.3. The molecule has 0 amide bonds. The number of hydrogen-bond donors (Lipinski definition) is 1. The Morgan fingerprint density at radius 1 is 1.00 bits per heavy atom. The molecule has 0 bridgehead atoms. The molecule has 2 rings (SSSR count). The fourth-order valence-electron chi connectivity index (χ4n) is 1.60. The van der Waals surface area contributed by atoms with Gasteiger partial charge in [0.05, 0.1) is 16.9 Å². The summed E-state index contributed by atoms with van der Waals surface area (Å²) in [6, 6.07) is 15.2. The van der Waals surface area contributed by atoms with Crippen LogP contribution in [0.4, 0.5) is 20.2 Å². The maximum absolute atomic E-state index is 12.3. The topological polar surface area (TPSA) is 45.0 Å². The van der Waals surface area contributed by atoms with E-state index in [2.05, 4.69) is 10.1 Å². The lowest BCUT2D eigenvalue weighted by Crippen LogP contribution is -2.04. The molecule has 5 heteroatoms. The van der Waals surface area contributed by atoms with E-state index in [1.807, 2.05) is 6.07 Å². The Morgan fingerprint density at radius 2 is 1.63 bits per heavy atom. The van der Waals surface area contributed by atoms with E-state index in [9.17, 15) is 8.78 Å². The van der Waals surface area contributed by atoms with Crippen molar-refractivity contribution in [3.05, 3.63) is 54.1 Å². The summed E-state index contributed by atoms with van der Waals surface area (Å²) in [7, 11) is 0. The highest BCUT2D eigenvalue weighted by Crippen LogP contribution is 2.29. The van der Waals surface area contributed by atoms with E-state index >= 15 is 0 Å². The Bertz CT molecular complexity index is 608. The summed E-state index contributed by atoms with van der Waals surface area (Å²) < 4.78 is 29.0. The molecule has 0 aliphatic heterocycles. The lowest BCUT2D eigenvalue weighted by atomic mass is 10.2. The van der Waals surface area contributed by atoms with Crippen molar-refractivity contribution in [2.45, 2.75) is 6.61 Å². The molecule has 0 fully saturated rings. The van der Waals surface area contributed by atoms with E-state index in [1.54, 1.807) is 42.5 Å². The van der Waals surface area contributed by atoms with Gasteiger partial charge in [-0.3, -0.25) is 0 Å². The van der Waals surface area contributed by atoms with Crippen LogP contribution in [0.5, 0.6) is 5.75 Å². The van der Waals surface area contributed by atoms with E-state index in [1.165, 1.54) is 6.07 Å². The minimum absolute atomic E-state index is 0.0326. The molecule has 0 spiro atoms. The molecule has 0 radical (unpaired) electrons. The zero-order valence-electron chi connectivity index (χ0n) is 9.81. The van der Waals surface area contributed by atoms with Crippen molar-refractivity contribution < 1.29 is 13.5 Å². The summed E-state index contributed by atoms with van der Waals surface area (Å²) in [6.07, 6.45) is 0. The Kier molecular flexibility index (Phi) is 3.94. The average Bonchev–Trinajstić information content (AvgIpc) is 2.41. The van der Waals surface area contributed by atoms with Crippen molar-refractivity contribution in [1.82, 2.24) is 0 Å². The zero-order chi connectivity index (χ0) is 13.7. The third-order valence-corrected chi connectivity index (χ3v) is 2.42. The van der Waals surface area contributed by atoms with E-state index in [0.717, 1.165) is 0 Å². The van der Waals surface area contributed by atoms with Crippen LogP contribution in [0.15, 0.2) is 48.5 Å². The number of anilines is 2. The highest BCUT2D eigenvalue weighted by Gasteiger charge is 2.10. The normalized spacial score (nSPS) is 10.0. The van der Waals surface area contributed by atoms with Gasteiger partial charge in [-0.1, -0.05) is 24.3 Å². The smallest absolute Gasteiger partial charge is 0.387 e. The number of hydrogen-bond acceptors (Lipinski definition) is 3. The molecule has 0 aliphatic rings. The minimum atomic E-state index is -2.89. The fraction of sp³-hybridized carbons (Fsp3) is 0.0714. The van der Waals surface area contributed by atoms with Crippen molar-refractivity contribution in [1.29, 1.82) is 5.26 Å². The van der Waals surface area contributed by atoms with Crippen molar-refractivity contribution in [3.63, 3.8) is 0 Å². The Labute approximate surface area is 109 Å². The third kappa shape index (κ3) is 3.19. The number of ether oxygens (including phenoxy) is 1. The van der Waals surface area contributed by atoms with Gasteiger partial charge in [-0.05, 0) is 24.3 Å². The van der Waals surface area contributed by atoms with Gasteiger partial charge in [0, 0.05) is 0 Å². The van der Waals surface area contributed by atoms with Gasteiger partial charge in [0.15, 0.2) is 0 Å². The van der Waals surface area contributed by atoms with Crippen LogP contribution in [0.3, 0.4) is 0 Å². The molecule has 0 atom stereocenters. The van der Waals surface area contributed by atoms with Gasteiger partial charge in [-0.15, -0.1) is 0 Å². The molecule has 0 aromatic heterocycles. The highest BCUT2D eigenvalue weighted by atomic mass is 19.3. The van der Waals surface area contributed by atoms with Gasteiger partial charge in [0.25, 0.3) is 0 Å². The van der Waals surface area contributed by atoms with Gasteiger partial charge in [0.1, 0.15) is 11.8 Å². The molecule has 2 aromatic carbocycles. The molecule has 0 saturated heterocycles. The summed E-state index contributed by atoms with van der Waals surface area (Å²) >= 11 is 0. The summed E-state index contributed by atoms with van der Waals surface area (Å²) in [5.41, 5.74) is 1.34. The van der Waals surface area contributed by atoms with E-state index < -0.39 is 6.61 Å². The average molecular weight is 260 g/mol. The largest absolute Gasteiger partial charge is 0.433 e. The number of para-hydroxylation sites is 3. The highest BCUT2D eigenvalue weighted by molar-refractivity contribution is 5.70. The monoisotopic (exact) mass is 260 g/mol. The summed E-state index contributed by atoms with van der Waals surface area (Å²) in [6.45, 7) is -2.89. The zero-order valence-corrected chi connectivity index (χ0v) is 9.81. The van der Waals surface area contributed by atoms with Crippen LogP contribution in [0.1, 0.15) is 5.56 Å². The summed E-state index contributed by atoms with van der Waals surface area (Å²) in [5.74, 6) is 0.0326. The second kappa shape index (κ2) is 5.83. The van der Waals surface area contributed by atoms with Crippen LogP contribution in [-0.4, -0.2) is 6.61 Å². The van der Waals surface area contributed by atoms with Crippen LogP contribution < -0.4 is 10.1 Å². The van der Waals surface area contributed by atoms with E-state index in [-0.39, 0.29) is 5.75 Å². The Balaban J connectivity index is 2.31. The first-order chi connectivity index (χ1) is 9.20. The number of nitrogens with zero attached hydrogens (tertiary/aromatic N) is 1. The molecule has 0 heterocycles. The molecule has 96 valence electrons. The van der Waals surface area contributed by atoms with Gasteiger partial charge >= 0.3 is 6.61 Å². The number of halogens is 2. The number of nitriles is 1. The van der Waals surface area contributed by atoms with Gasteiger partial charge < -0.3 is 10.1 Å². The molecule has 19 heavy (non-hydrogen) atoms. The number of rotatable bonds is 4. The Morgan fingerprint density at radius 3 is 2.32 bits per heavy atom. The predicted molar refractivity (Wildman–Crippen MR) is 67.5 cm³/mol.